The molecular formula is C12H18FNO2. The number of aliphatic hydroxyl groups excluding tert-OH is 1. The van der Waals surface area contributed by atoms with E-state index in [9.17, 15) is 9.50 Å². The Morgan fingerprint density at radius 2 is 2.06 bits per heavy atom. The molecule has 3 nitrogen and oxygen atoms in total. The first-order valence-corrected chi connectivity index (χ1v) is 5.27. The fourth-order valence-electron chi connectivity index (χ4n) is 1.37. The van der Waals surface area contributed by atoms with Crippen LogP contribution >= 0.6 is 0 Å². The van der Waals surface area contributed by atoms with Crippen LogP contribution in [0.4, 0.5) is 4.39 Å². The molecule has 1 aromatic carbocycles. The number of nitrogens with one attached hydrogen (secondary N) is 1. The van der Waals surface area contributed by atoms with Crippen molar-refractivity contribution in [3.8, 4) is 0 Å². The summed E-state index contributed by atoms with van der Waals surface area (Å²) in [7, 11) is 0. The van der Waals surface area contributed by atoms with Crippen molar-refractivity contribution >= 4 is 0 Å². The van der Waals surface area contributed by atoms with E-state index in [1.54, 1.807) is 18.2 Å². The number of hydrogen-bond donors (Lipinski definition) is 3. The molecule has 1 rings (SSSR count). The van der Waals surface area contributed by atoms with Crippen LogP contribution < -0.4 is 5.32 Å². The summed E-state index contributed by atoms with van der Waals surface area (Å²) in [6, 6.07) is 6.29. The fraction of sp³-hybridized carbons (Fsp3) is 0.500. The van der Waals surface area contributed by atoms with Gasteiger partial charge in [-0.3, -0.25) is 0 Å². The van der Waals surface area contributed by atoms with Gasteiger partial charge in [0.15, 0.2) is 0 Å². The minimum atomic E-state index is -1.18. The predicted octanol–water partition coefficient (Wildman–Crippen LogP) is 1.22. The topological polar surface area (TPSA) is 52.5 Å². The van der Waals surface area contributed by atoms with Gasteiger partial charge in [-0.1, -0.05) is 18.2 Å². The number of hydrogen-bond acceptors (Lipinski definition) is 3. The molecule has 0 spiro atoms. The Labute approximate surface area is 94.9 Å². The molecule has 0 saturated carbocycles. The second-order valence-electron chi connectivity index (χ2n) is 4.28. The van der Waals surface area contributed by atoms with E-state index < -0.39 is 5.60 Å². The van der Waals surface area contributed by atoms with Gasteiger partial charge in [0.25, 0.3) is 0 Å². The van der Waals surface area contributed by atoms with Gasteiger partial charge < -0.3 is 15.5 Å². The molecule has 3 N–H and O–H groups in total. The molecule has 1 aromatic rings. The zero-order valence-corrected chi connectivity index (χ0v) is 9.57. The quantitative estimate of drug-likeness (QED) is 0.709. The lowest BCUT2D eigenvalue weighted by molar-refractivity contribution is 0.000990. The highest BCUT2D eigenvalue weighted by atomic mass is 19.1. The van der Waals surface area contributed by atoms with Crippen LogP contribution in [0.1, 0.15) is 25.5 Å². The molecule has 4 heteroatoms. The Hall–Kier alpha value is -0.970. The second-order valence-corrected chi connectivity index (χ2v) is 4.28. The monoisotopic (exact) mass is 227 g/mol. The molecule has 16 heavy (non-hydrogen) atoms. The van der Waals surface area contributed by atoms with Crippen molar-refractivity contribution in [1.82, 2.24) is 5.32 Å². The van der Waals surface area contributed by atoms with Crippen LogP contribution in [0.25, 0.3) is 0 Å². The number of rotatable bonds is 5. The Morgan fingerprint density at radius 1 is 1.44 bits per heavy atom. The summed E-state index contributed by atoms with van der Waals surface area (Å²) in [5, 5.41) is 21.4. The lowest BCUT2D eigenvalue weighted by Crippen LogP contribution is -2.41. The van der Waals surface area contributed by atoms with E-state index in [0.717, 1.165) is 0 Å². The van der Waals surface area contributed by atoms with Crippen LogP contribution in [0.5, 0.6) is 0 Å². The highest BCUT2D eigenvalue weighted by Crippen LogP contribution is 2.16. The summed E-state index contributed by atoms with van der Waals surface area (Å²) >= 11 is 0. The van der Waals surface area contributed by atoms with Gasteiger partial charge >= 0.3 is 0 Å². The number of benzene rings is 1. The molecule has 0 amide bonds. The van der Waals surface area contributed by atoms with Crippen molar-refractivity contribution in [2.75, 3.05) is 13.2 Å². The summed E-state index contributed by atoms with van der Waals surface area (Å²) in [5.41, 5.74) is -0.629. The zero-order chi connectivity index (χ0) is 12.2. The zero-order valence-electron chi connectivity index (χ0n) is 9.57. The summed E-state index contributed by atoms with van der Waals surface area (Å²) < 4.78 is 13.4. The molecule has 90 valence electrons. The smallest absolute Gasteiger partial charge is 0.127 e. The lowest BCUT2D eigenvalue weighted by atomic mass is 10.1. The van der Waals surface area contributed by atoms with Crippen molar-refractivity contribution in [2.45, 2.75) is 25.5 Å². The van der Waals surface area contributed by atoms with E-state index in [1.165, 1.54) is 13.0 Å². The highest BCUT2D eigenvalue weighted by molar-refractivity contribution is 5.20. The SMILES string of the molecule is CC(NCC(C)(O)CO)c1ccccc1F. The first-order chi connectivity index (χ1) is 7.46. The highest BCUT2D eigenvalue weighted by Gasteiger charge is 2.20. The molecule has 0 heterocycles. The van der Waals surface area contributed by atoms with Gasteiger partial charge in [0.2, 0.25) is 0 Å². The minimum Gasteiger partial charge on any atom is -0.393 e. The maximum Gasteiger partial charge on any atom is 0.127 e. The Kier molecular flexibility index (Phi) is 4.41. The molecule has 0 radical (unpaired) electrons. The van der Waals surface area contributed by atoms with Crippen LogP contribution in [-0.4, -0.2) is 29.0 Å². The van der Waals surface area contributed by atoms with E-state index in [4.69, 9.17) is 5.11 Å². The maximum absolute atomic E-state index is 13.4. The molecule has 0 saturated heterocycles. The molecule has 0 bridgehead atoms. The van der Waals surface area contributed by atoms with E-state index >= 15 is 0 Å². The van der Waals surface area contributed by atoms with E-state index in [1.807, 2.05) is 6.92 Å². The molecule has 0 aliphatic carbocycles. The average molecular weight is 227 g/mol. The van der Waals surface area contributed by atoms with Crippen molar-refractivity contribution in [2.24, 2.45) is 0 Å². The van der Waals surface area contributed by atoms with Gasteiger partial charge in [-0.05, 0) is 19.9 Å². The van der Waals surface area contributed by atoms with E-state index in [0.29, 0.717) is 5.56 Å². The largest absolute Gasteiger partial charge is 0.393 e. The van der Waals surface area contributed by atoms with E-state index in [2.05, 4.69) is 5.32 Å². The third-order valence-electron chi connectivity index (χ3n) is 2.50. The molecular weight excluding hydrogens is 209 g/mol. The van der Waals surface area contributed by atoms with Gasteiger partial charge in [-0.15, -0.1) is 0 Å². The van der Waals surface area contributed by atoms with Gasteiger partial charge in [-0.2, -0.15) is 0 Å². The van der Waals surface area contributed by atoms with Crippen LogP contribution in [0.15, 0.2) is 24.3 Å². The number of halogens is 1. The Balaban J connectivity index is 2.60. The summed E-state index contributed by atoms with van der Waals surface area (Å²) in [4.78, 5) is 0. The number of aliphatic hydroxyl groups is 2. The molecule has 0 aliphatic heterocycles. The third kappa shape index (κ3) is 3.56. The molecule has 2 atom stereocenters. The lowest BCUT2D eigenvalue weighted by Gasteiger charge is -2.24. The predicted molar refractivity (Wildman–Crippen MR) is 60.5 cm³/mol. The molecule has 0 fully saturated rings. The third-order valence-corrected chi connectivity index (χ3v) is 2.50. The first-order valence-electron chi connectivity index (χ1n) is 5.27. The first kappa shape index (κ1) is 13.1. The summed E-state index contributed by atoms with van der Waals surface area (Å²) in [6.45, 7) is 3.21. The normalized spacial score (nSPS) is 16.8. The molecule has 2 unspecified atom stereocenters. The van der Waals surface area contributed by atoms with Crippen LogP contribution in [0.2, 0.25) is 0 Å². The van der Waals surface area contributed by atoms with Crippen molar-refractivity contribution in [1.29, 1.82) is 0 Å². The standard InChI is InChI=1S/C12H18FNO2/c1-9(14-7-12(2,16)8-15)10-5-3-4-6-11(10)13/h3-6,9,14-16H,7-8H2,1-2H3. The minimum absolute atomic E-state index is 0.207. The molecule has 0 aliphatic rings. The average Bonchev–Trinajstić information content (AvgIpc) is 2.27. The fourth-order valence-corrected chi connectivity index (χ4v) is 1.37. The summed E-state index contributed by atoms with van der Waals surface area (Å²) in [5.74, 6) is -0.272. The van der Waals surface area contributed by atoms with Crippen molar-refractivity contribution < 1.29 is 14.6 Å². The second kappa shape index (κ2) is 5.39. The van der Waals surface area contributed by atoms with Gasteiger partial charge in [0.1, 0.15) is 5.82 Å². The summed E-state index contributed by atoms with van der Waals surface area (Å²) in [6.07, 6.45) is 0. The molecule has 0 aromatic heterocycles. The Bertz CT molecular complexity index is 342. The maximum atomic E-state index is 13.4. The van der Waals surface area contributed by atoms with Gasteiger partial charge in [0.05, 0.1) is 12.2 Å². The van der Waals surface area contributed by atoms with Crippen molar-refractivity contribution in [3.05, 3.63) is 35.6 Å². The van der Waals surface area contributed by atoms with Crippen LogP contribution in [-0.2, 0) is 0 Å². The van der Waals surface area contributed by atoms with Gasteiger partial charge in [-0.25, -0.2) is 4.39 Å². The van der Waals surface area contributed by atoms with Crippen molar-refractivity contribution in [3.63, 3.8) is 0 Å². The van der Waals surface area contributed by atoms with Gasteiger partial charge in [0, 0.05) is 18.2 Å². The Morgan fingerprint density at radius 3 is 2.62 bits per heavy atom. The van der Waals surface area contributed by atoms with Crippen LogP contribution in [0.3, 0.4) is 0 Å². The van der Waals surface area contributed by atoms with Crippen LogP contribution in [0, 0.1) is 5.82 Å². The van der Waals surface area contributed by atoms with E-state index in [-0.39, 0.29) is 25.0 Å².